The highest BCUT2D eigenvalue weighted by Crippen LogP contribution is 2.11. The number of ether oxygens (including phenoxy) is 1. The summed E-state index contributed by atoms with van der Waals surface area (Å²) in [7, 11) is 0. The van der Waals surface area contributed by atoms with Crippen molar-refractivity contribution in [2.24, 2.45) is 5.92 Å². The standard InChI is InChI=1S/C13H24N2O3/c1-4-6-18-7-5-15-9-12(16)14-11(13(15)17)8-10(2)3/h10-11H,4-9H2,1-3H3,(H,14,16). The maximum atomic E-state index is 12.1. The molecule has 1 aliphatic heterocycles. The van der Waals surface area contributed by atoms with Crippen molar-refractivity contribution in [3.8, 4) is 0 Å². The molecule has 1 unspecified atom stereocenters. The summed E-state index contributed by atoms with van der Waals surface area (Å²) >= 11 is 0. The lowest BCUT2D eigenvalue weighted by atomic mass is 10.0. The molecule has 0 aromatic heterocycles. The van der Waals surface area contributed by atoms with Crippen molar-refractivity contribution in [1.29, 1.82) is 0 Å². The zero-order valence-corrected chi connectivity index (χ0v) is 11.6. The molecule has 1 fully saturated rings. The average molecular weight is 256 g/mol. The number of carbonyl (C=O) groups is 2. The van der Waals surface area contributed by atoms with Gasteiger partial charge < -0.3 is 15.0 Å². The van der Waals surface area contributed by atoms with Crippen LogP contribution in [0.1, 0.15) is 33.6 Å². The van der Waals surface area contributed by atoms with Crippen molar-refractivity contribution in [3.63, 3.8) is 0 Å². The molecule has 18 heavy (non-hydrogen) atoms. The molecule has 1 aliphatic rings. The van der Waals surface area contributed by atoms with E-state index in [0.29, 0.717) is 32.1 Å². The number of amides is 2. The minimum atomic E-state index is -0.363. The van der Waals surface area contributed by atoms with Crippen molar-refractivity contribution in [2.75, 3.05) is 26.3 Å². The van der Waals surface area contributed by atoms with Gasteiger partial charge in [0.15, 0.2) is 0 Å². The lowest BCUT2D eigenvalue weighted by Gasteiger charge is -2.33. The Bertz CT molecular complexity index is 292. The number of carbonyl (C=O) groups excluding carboxylic acids is 2. The quantitative estimate of drug-likeness (QED) is 0.685. The van der Waals surface area contributed by atoms with Gasteiger partial charge in [0.05, 0.1) is 13.2 Å². The van der Waals surface area contributed by atoms with Crippen LogP contribution in [0.15, 0.2) is 0 Å². The van der Waals surface area contributed by atoms with E-state index in [1.54, 1.807) is 4.90 Å². The van der Waals surface area contributed by atoms with Crippen LogP contribution in [0.25, 0.3) is 0 Å². The zero-order chi connectivity index (χ0) is 13.5. The third kappa shape index (κ3) is 4.64. The lowest BCUT2D eigenvalue weighted by Crippen LogP contribution is -2.58. The van der Waals surface area contributed by atoms with Crippen LogP contribution >= 0.6 is 0 Å². The van der Waals surface area contributed by atoms with Crippen LogP contribution in [0, 0.1) is 5.92 Å². The maximum absolute atomic E-state index is 12.1. The Labute approximate surface area is 109 Å². The minimum Gasteiger partial charge on any atom is -0.380 e. The topological polar surface area (TPSA) is 58.6 Å². The number of rotatable bonds is 7. The highest BCUT2D eigenvalue weighted by Gasteiger charge is 2.32. The molecule has 0 radical (unpaired) electrons. The number of nitrogens with one attached hydrogen (secondary N) is 1. The first-order valence-corrected chi connectivity index (χ1v) is 6.70. The molecule has 0 saturated carbocycles. The molecule has 0 aliphatic carbocycles. The molecule has 0 aromatic rings. The number of hydrogen-bond acceptors (Lipinski definition) is 3. The second-order valence-electron chi connectivity index (χ2n) is 5.12. The Morgan fingerprint density at radius 3 is 2.72 bits per heavy atom. The molecule has 1 heterocycles. The number of piperazine rings is 1. The van der Waals surface area contributed by atoms with Crippen LogP contribution in [0.2, 0.25) is 0 Å². The molecule has 5 heteroatoms. The van der Waals surface area contributed by atoms with Gasteiger partial charge in [-0.15, -0.1) is 0 Å². The van der Waals surface area contributed by atoms with E-state index in [1.165, 1.54) is 0 Å². The predicted octanol–water partition coefficient (Wildman–Crippen LogP) is 0.786. The molecular weight excluding hydrogens is 232 g/mol. The minimum absolute atomic E-state index is 0.0170. The van der Waals surface area contributed by atoms with E-state index in [-0.39, 0.29) is 24.4 Å². The van der Waals surface area contributed by atoms with Gasteiger partial charge >= 0.3 is 0 Å². The van der Waals surface area contributed by atoms with Crippen molar-refractivity contribution in [3.05, 3.63) is 0 Å². The molecule has 1 atom stereocenters. The zero-order valence-electron chi connectivity index (χ0n) is 11.6. The SMILES string of the molecule is CCCOCCN1CC(=O)NC(CC(C)C)C1=O. The van der Waals surface area contributed by atoms with Crippen LogP contribution in [0.5, 0.6) is 0 Å². The first-order valence-electron chi connectivity index (χ1n) is 6.70. The van der Waals surface area contributed by atoms with Crippen LogP contribution in [0.4, 0.5) is 0 Å². The second kappa shape index (κ2) is 7.36. The third-order valence-corrected chi connectivity index (χ3v) is 2.84. The normalized spacial score (nSPS) is 20.4. The Balaban J connectivity index is 2.45. The van der Waals surface area contributed by atoms with Crippen molar-refractivity contribution < 1.29 is 14.3 Å². The fourth-order valence-electron chi connectivity index (χ4n) is 2.01. The summed E-state index contributed by atoms with van der Waals surface area (Å²) in [5, 5.41) is 2.76. The monoisotopic (exact) mass is 256 g/mol. The Hall–Kier alpha value is -1.10. The summed E-state index contributed by atoms with van der Waals surface area (Å²) in [5.74, 6) is 0.328. The van der Waals surface area contributed by atoms with Gasteiger partial charge in [0.25, 0.3) is 0 Å². The molecule has 0 aromatic carbocycles. The largest absolute Gasteiger partial charge is 0.380 e. The summed E-state index contributed by atoms with van der Waals surface area (Å²) in [6, 6.07) is -0.363. The van der Waals surface area contributed by atoms with E-state index in [2.05, 4.69) is 5.32 Å². The van der Waals surface area contributed by atoms with E-state index in [9.17, 15) is 9.59 Å². The van der Waals surface area contributed by atoms with Gasteiger partial charge in [-0.1, -0.05) is 20.8 Å². The van der Waals surface area contributed by atoms with Gasteiger partial charge in [-0.25, -0.2) is 0 Å². The molecule has 1 rings (SSSR count). The highest BCUT2D eigenvalue weighted by atomic mass is 16.5. The third-order valence-electron chi connectivity index (χ3n) is 2.84. The van der Waals surface area contributed by atoms with Gasteiger partial charge in [0.1, 0.15) is 6.04 Å². The Morgan fingerprint density at radius 2 is 2.11 bits per heavy atom. The molecule has 5 nitrogen and oxygen atoms in total. The fourth-order valence-corrected chi connectivity index (χ4v) is 2.01. The summed E-state index contributed by atoms with van der Waals surface area (Å²) < 4.78 is 5.36. The van der Waals surface area contributed by atoms with E-state index >= 15 is 0 Å². The van der Waals surface area contributed by atoms with E-state index in [0.717, 1.165) is 6.42 Å². The van der Waals surface area contributed by atoms with Crippen LogP contribution in [-0.2, 0) is 14.3 Å². The molecule has 2 amide bonds. The molecular formula is C13H24N2O3. The van der Waals surface area contributed by atoms with Crippen LogP contribution < -0.4 is 5.32 Å². The molecule has 0 bridgehead atoms. The van der Waals surface area contributed by atoms with E-state index < -0.39 is 0 Å². The van der Waals surface area contributed by atoms with Crippen molar-refractivity contribution in [1.82, 2.24) is 10.2 Å². The fraction of sp³-hybridized carbons (Fsp3) is 0.846. The number of nitrogens with zero attached hydrogens (tertiary/aromatic N) is 1. The van der Waals surface area contributed by atoms with Gasteiger partial charge in [-0.05, 0) is 18.8 Å². The Morgan fingerprint density at radius 1 is 1.39 bits per heavy atom. The van der Waals surface area contributed by atoms with Crippen LogP contribution in [-0.4, -0.2) is 49.1 Å². The van der Waals surface area contributed by atoms with Crippen molar-refractivity contribution >= 4 is 11.8 Å². The van der Waals surface area contributed by atoms with E-state index in [1.807, 2.05) is 20.8 Å². The average Bonchev–Trinajstić information content (AvgIpc) is 2.29. The lowest BCUT2D eigenvalue weighted by molar-refractivity contribution is -0.145. The van der Waals surface area contributed by atoms with Gasteiger partial charge in [-0.2, -0.15) is 0 Å². The van der Waals surface area contributed by atoms with Crippen LogP contribution in [0.3, 0.4) is 0 Å². The second-order valence-corrected chi connectivity index (χ2v) is 5.12. The predicted molar refractivity (Wildman–Crippen MR) is 69.1 cm³/mol. The molecule has 0 spiro atoms. The summed E-state index contributed by atoms with van der Waals surface area (Å²) in [6.45, 7) is 7.98. The summed E-state index contributed by atoms with van der Waals surface area (Å²) in [4.78, 5) is 25.3. The van der Waals surface area contributed by atoms with E-state index in [4.69, 9.17) is 4.74 Å². The Kier molecular flexibility index (Phi) is 6.12. The summed E-state index contributed by atoms with van der Waals surface area (Å²) in [5.41, 5.74) is 0. The first kappa shape index (κ1) is 15.0. The van der Waals surface area contributed by atoms with Gasteiger partial charge in [0, 0.05) is 13.2 Å². The molecule has 104 valence electrons. The molecule has 1 N–H and O–H groups in total. The summed E-state index contributed by atoms with van der Waals surface area (Å²) in [6.07, 6.45) is 1.65. The highest BCUT2D eigenvalue weighted by molar-refractivity contribution is 5.94. The maximum Gasteiger partial charge on any atom is 0.245 e. The number of hydrogen-bond donors (Lipinski definition) is 1. The van der Waals surface area contributed by atoms with Crippen molar-refractivity contribution in [2.45, 2.75) is 39.7 Å². The first-order chi connectivity index (χ1) is 8.54. The smallest absolute Gasteiger partial charge is 0.245 e. The molecule has 1 saturated heterocycles. The van der Waals surface area contributed by atoms with Gasteiger partial charge in [0.2, 0.25) is 11.8 Å². The van der Waals surface area contributed by atoms with Gasteiger partial charge in [-0.3, -0.25) is 9.59 Å².